The zero-order valence-corrected chi connectivity index (χ0v) is 14.1. The number of nitrogens with zero attached hydrogens (tertiary/aromatic N) is 1. The molecule has 1 aromatic heterocycles. The number of aryl methyl sites for hydroxylation is 1. The summed E-state index contributed by atoms with van der Waals surface area (Å²) >= 11 is 0. The fourth-order valence-electron chi connectivity index (χ4n) is 2.89. The maximum absolute atomic E-state index is 12.8. The highest BCUT2D eigenvalue weighted by molar-refractivity contribution is 6.04. The number of aromatic nitrogens is 1. The van der Waals surface area contributed by atoms with Gasteiger partial charge in [0.05, 0.1) is 16.7 Å². The lowest BCUT2D eigenvalue weighted by Gasteiger charge is -2.16. The zero-order valence-electron chi connectivity index (χ0n) is 14.1. The minimum atomic E-state index is -4.50. The van der Waals surface area contributed by atoms with Crippen molar-refractivity contribution in [2.45, 2.75) is 19.7 Å². The number of rotatable bonds is 2. The van der Waals surface area contributed by atoms with Gasteiger partial charge in [0, 0.05) is 5.69 Å². The molecular formula is C19H13F3N2O3. The van der Waals surface area contributed by atoms with Crippen LogP contribution in [0.15, 0.2) is 47.0 Å². The van der Waals surface area contributed by atoms with Crippen LogP contribution in [0.3, 0.4) is 0 Å². The Morgan fingerprint density at radius 1 is 1.19 bits per heavy atom. The minimum absolute atomic E-state index is 0.0135. The van der Waals surface area contributed by atoms with Crippen LogP contribution in [0.1, 0.15) is 27.2 Å². The first-order chi connectivity index (χ1) is 12.8. The minimum Gasteiger partial charge on any atom is -0.488 e. The number of hydrogen-bond donors (Lipinski definition) is 1. The lowest BCUT2D eigenvalue weighted by Crippen LogP contribution is -2.17. The van der Waals surface area contributed by atoms with Gasteiger partial charge in [-0.15, -0.1) is 0 Å². The number of alkyl halides is 3. The first-order valence-corrected chi connectivity index (χ1v) is 8.04. The average molecular weight is 374 g/mol. The monoisotopic (exact) mass is 374 g/mol. The molecule has 2 aromatic carbocycles. The molecule has 0 saturated carbocycles. The molecule has 4 rings (SSSR count). The Morgan fingerprint density at radius 2 is 2.00 bits per heavy atom. The molecule has 0 aliphatic carbocycles. The first kappa shape index (κ1) is 17.1. The molecule has 0 radical (unpaired) electrons. The highest BCUT2D eigenvalue weighted by Crippen LogP contribution is 2.39. The average Bonchev–Trinajstić information content (AvgIpc) is 3.06. The lowest BCUT2D eigenvalue weighted by atomic mass is 10.0. The predicted molar refractivity (Wildman–Crippen MR) is 90.4 cm³/mol. The number of hydrogen-bond acceptors (Lipinski definition) is 4. The number of benzene rings is 2. The number of ether oxygens (including phenoxy) is 1. The molecule has 3 aromatic rings. The summed E-state index contributed by atoms with van der Waals surface area (Å²) in [5, 5.41) is 6.23. The van der Waals surface area contributed by atoms with Crippen molar-refractivity contribution in [2.24, 2.45) is 0 Å². The molecule has 0 unspecified atom stereocenters. The molecule has 5 nitrogen and oxygen atoms in total. The molecule has 1 amide bonds. The molecule has 1 aliphatic rings. The summed E-state index contributed by atoms with van der Waals surface area (Å²) < 4.78 is 49.4. The maximum Gasteiger partial charge on any atom is 0.416 e. The number of nitrogens with one attached hydrogen (secondary N) is 1. The molecule has 1 N–H and O–H groups in total. The van der Waals surface area contributed by atoms with Crippen LogP contribution < -0.4 is 10.1 Å². The molecule has 0 saturated heterocycles. The van der Waals surface area contributed by atoms with Gasteiger partial charge < -0.3 is 14.6 Å². The summed E-state index contributed by atoms with van der Waals surface area (Å²) in [6.07, 6.45) is -4.50. The van der Waals surface area contributed by atoms with E-state index >= 15 is 0 Å². The van der Waals surface area contributed by atoms with E-state index in [0.29, 0.717) is 22.6 Å². The molecule has 1 aliphatic heterocycles. The van der Waals surface area contributed by atoms with Gasteiger partial charge in [0.2, 0.25) is 0 Å². The van der Waals surface area contributed by atoms with Crippen LogP contribution in [-0.4, -0.2) is 11.1 Å². The van der Waals surface area contributed by atoms with Crippen molar-refractivity contribution in [1.29, 1.82) is 0 Å². The Kier molecular flexibility index (Phi) is 3.91. The largest absolute Gasteiger partial charge is 0.488 e. The highest BCUT2D eigenvalue weighted by Gasteiger charge is 2.31. The summed E-state index contributed by atoms with van der Waals surface area (Å²) in [7, 11) is 0. The quantitative estimate of drug-likeness (QED) is 0.699. The lowest BCUT2D eigenvalue weighted by molar-refractivity contribution is -0.137. The van der Waals surface area contributed by atoms with E-state index in [9.17, 15) is 18.0 Å². The van der Waals surface area contributed by atoms with Crippen molar-refractivity contribution in [3.63, 3.8) is 0 Å². The Balaban J connectivity index is 1.64. The highest BCUT2D eigenvalue weighted by atomic mass is 19.4. The number of anilines is 1. The first-order valence-electron chi connectivity index (χ1n) is 8.04. The fraction of sp³-hybridized carbons (Fsp3) is 0.158. The van der Waals surface area contributed by atoms with E-state index in [1.54, 1.807) is 6.07 Å². The van der Waals surface area contributed by atoms with E-state index in [-0.39, 0.29) is 18.0 Å². The van der Waals surface area contributed by atoms with Gasteiger partial charge in [0.15, 0.2) is 11.5 Å². The van der Waals surface area contributed by atoms with Crippen molar-refractivity contribution in [1.82, 2.24) is 5.16 Å². The number of halogens is 3. The molecule has 138 valence electrons. The van der Waals surface area contributed by atoms with Gasteiger partial charge in [-0.25, -0.2) is 0 Å². The number of fused-ring (bicyclic) bond motifs is 3. The summed E-state index contributed by atoms with van der Waals surface area (Å²) in [6, 6.07) is 9.93. The fourth-order valence-corrected chi connectivity index (χ4v) is 2.89. The van der Waals surface area contributed by atoms with Crippen molar-refractivity contribution in [3.05, 3.63) is 64.8 Å². The number of amides is 1. The Morgan fingerprint density at radius 3 is 2.78 bits per heavy atom. The Bertz CT molecular complexity index is 1040. The number of carbonyl (C=O) groups is 1. The zero-order chi connectivity index (χ0) is 19.2. The molecule has 0 atom stereocenters. The van der Waals surface area contributed by atoms with E-state index in [2.05, 4.69) is 10.5 Å². The standard InChI is InChI=1S/C19H13F3N2O3/c1-10-5-6-15-13(7-10)17-14(9-26-15)16(24-27-17)18(25)23-12-4-2-3-11(8-12)19(20,21)22/h2-8H,9H2,1H3,(H,23,25). The normalized spacial score (nSPS) is 12.7. The smallest absolute Gasteiger partial charge is 0.416 e. The van der Waals surface area contributed by atoms with E-state index < -0.39 is 17.6 Å². The van der Waals surface area contributed by atoms with Gasteiger partial charge in [-0.05, 0) is 37.3 Å². The van der Waals surface area contributed by atoms with Crippen molar-refractivity contribution in [3.8, 4) is 17.1 Å². The third kappa shape index (κ3) is 3.14. The third-order valence-electron chi connectivity index (χ3n) is 4.20. The van der Waals surface area contributed by atoms with Gasteiger partial charge >= 0.3 is 6.18 Å². The Hall–Kier alpha value is -3.29. The maximum atomic E-state index is 12.8. The molecule has 0 bridgehead atoms. The van der Waals surface area contributed by atoms with E-state index in [1.165, 1.54) is 12.1 Å². The Labute approximate surface area is 151 Å². The number of carbonyl (C=O) groups excluding carboxylic acids is 1. The van der Waals surface area contributed by atoms with Crippen LogP contribution in [0, 0.1) is 6.92 Å². The van der Waals surface area contributed by atoms with Crippen LogP contribution in [0.25, 0.3) is 11.3 Å². The second-order valence-corrected chi connectivity index (χ2v) is 6.16. The molecular weight excluding hydrogens is 361 g/mol. The summed E-state index contributed by atoms with van der Waals surface area (Å²) in [4.78, 5) is 12.5. The summed E-state index contributed by atoms with van der Waals surface area (Å²) in [6.45, 7) is 1.99. The third-order valence-corrected chi connectivity index (χ3v) is 4.20. The molecule has 2 heterocycles. The van der Waals surface area contributed by atoms with Gasteiger partial charge in [0.25, 0.3) is 5.91 Å². The molecule has 0 spiro atoms. The van der Waals surface area contributed by atoms with Crippen molar-refractivity contribution >= 4 is 11.6 Å². The van der Waals surface area contributed by atoms with E-state index in [0.717, 1.165) is 17.7 Å². The van der Waals surface area contributed by atoms with Gasteiger partial charge in [-0.1, -0.05) is 22.9 Å². The van der Waals surface area contributed by atoms with E-state index in [4.69, 9.17) is 9.26 Å². The van der Waals surface area contributed by atoms with Gasteiger partial charge in [-0.3, -0.25) is 4.79 Å². The summed E-state index contributed by atoms with van der Waals surface area (Å²) in [5.74, 6) is 0.377. The molecule has 8 heteroatoms. The van der Waals surface area contributed by atoms with Crippen LogP contribution >= 0.6 is 0 Å². The SMILES string of the molecule is Cc1ccc2c(c1)-c1onc(C(=O)Nc3cccc(C(F)(F)F)c3)c1CO2. The molecule has 27 heavy (non-hydrogen) atoms. The topological polar surface area (TPSA) is 64.4 Å². The summed E-state index contributed by atoms with van der Waals surface area (Å²) in [5.41, 5.74) is 1.26. The van der Waals surface area contributed by atoms with E-state index in [1.807, 2.05) is 19.1 Å². The predicted octanol–water partition coefficient (Wildman–Crippen LogP) is 4.81. The second-order valence-electron chi connectivity index (χ2n) is 6.16. The van der Waals surface area contributed by atoms with Crippen molar-refractivity contribution in [2.75, 3.05) is 5.32 Å². The van der Waals surface area contributed by atoms with Gasteiger partial charge in [-0.2, -0.15) is 13.2 Å². The molecule has 0 fully saturated rings. The second kappa shape index (κ2) is 6.15. The van der Waals surface area contributed by atoms with Crippen molar-refractivity contribution < 1.29 is 27.2 Å². The van der Waals surface area contributed by atoms with Crippen LogP contribution in [-0.2, 0) is 12.8 Å². The van der Waals surface area contributed by atoms with Crippen LogP contribution in [0.2, 0.25) is 0 Å². The van der Waals surface area contributed by atoms with Crippen LogP contribution in [0.5, 0.6) is 5.75 Å². The van der Waals surface area contributed by atoms with Crippen LogP contribution in [0.4, 0.5) is 18.9 Å². The van der Waals surface area contributed by atoms with Gasteiger partial charge in [0.1, 0.15) is 12.4 Å².